The first kappa shape index (κ1) is 12.4. The molecular formula is C9H17FO3. The average Bonchev–Trinajstić information content (AvgIpc) is 2.04. The molecule has 1 atom stereocenters. The van der Waals surface area contributed by atoms with Gasteiger partial charge in [0.05, 0.1) is 13.2 Å². The molecule has 0 radical (unpaired) electrons. The van der Waals surface area contributed by atoms with Crippen LogP contribution in [0.3, 0.4) is 0 Å². The highest BCUT2D eigenvalue weighted by molar-refractivity contribution is 5.72. The highest BCUT2D eigenvalue weighted by atomic mass is 19.1. The molecule has 0 aromatic heterocycles. The predicted molar refractivity (Wildman–Crippen MR) is 46.9 cm³/mol. The van der Waals surface area contributed by atoms with E-state index in [0.29, 0.717) is 5.92 Å². The van der Waals surface area contributed by atoms with Crippen molar-refractivity contribution < 1.29 is 18.7 Å². The lowest BCUT2D eigenvalue weighted by molar-refractivity contribution is -0.169. The lowest BCUT2D eigenvalue weighted by Gasteiger charge is -2.09. The summed E-state index contributed by atoms with van der Waals surface area (Å²) in [5.74, 6) is -0.499. The Morgan fingerprint density at radius 2 is 2.08 bits per heavy atom. The Balaban J connectivity index is 3.49. The molecule has 78 valence electrons. The minimum atomic E-state index is -1.93. The number of hydrogen-bond acceptors (Lipinski definition) is 3. The minimum Gasteiger partial charge on any atom is -0.462 e. The van der Waals surface area contributed by atoms with Crippen LogP contribution in [0.15, 0.2) is 0 Å². The quantitative estimate of drug-likeness (QED) is 0.603. The molecule has 0 saturated heterocycles. The molecule has 1 unspecified atom stereocenters. The number of esters is 1. The fraction of sp³-hybridized carbons (Fsp3) is 0.889. The third kappa shape index (κ3) is 6.51. The maximum Gasteiger partial charge on any atom is 0.368 e. The monoisotopic (exact) mass is 192 g/mol. The molecule has 0 heterocycles. The third-order valence-electron chi connectivity index (χ3n) is 1.43. The lowest BCUT2D eigenvalue weighted by atomic mass is 10.1. The van der Waals surface area contributed by atoms with E-state index in [1.54, 1.807) is 6.92 Å². The van der Waals surface area contributed by atoms with Gasteiger partial charge in [-0.3, -0.25) is 0 Å². The van der Waals surface area contributed by atoms with Gasteiger partial charge in [0.1, 0.15) is 0 Å². The fourth-order valence-corrected chi connectivity index (χ4v) is 0.683. The van der Waals surface area contributed by atoms with E-state index in [1.807, 2.05) is 13.8 Å². The summed E-state index contributed by atoms with van der Waals surface area (Å²) < 4.78 is 21.8. The highest BCUT2D eigenvalue weighted by Gasteiger charge is 2.18. The van der Waals surface area contributed by atoms with Gasteiger partial charge >= 0.3 is 5.97 Å². The Bertz CT molecular complexity index is 148. The topological polar surface area (TPSA) is 35.5 Å². The predicted octanol–water partition coefficient (Wildman–Crippen LogP) is 1.91. The molecule has 0 aliphatic carbocycles. The van der Waals surface area contributed by atoms with Crippen LogP contribution >= 0.6 is 0 Å². The van der Waals surface area contributed by atoms with Crippen molar-refractivity contribution in [2.45, 2.75) is 33.5 Å². The van der Waals surface area contributed by atoms with Gasteiger partial charge in [-0.2, -0.15) is 0 Å². The molecule has 0 aliphatic heterocycles. The Hall–Kier alpha value is -0.640. The van der Waals surface area contributed by atoms with Crippen LogP contribution in [0.2, 0.25) is 0 Å². The first-order valence-electron chi connectivity index (χ1n) is 4.50. The fourth-order valence-electron chi connectivity index (χ4n) is 0.683. The summed E-state index contributed by atoms with van der Waals surface area (Å²) in [6.45, 7) is 6.05. The van der Waals surface area contributed by atoms with E-state index in [4.69, 9.17) is 0 Å². The van der Waals surface area contributed by atoms with Crippen molar-refractivity contribution in [3.8, 4) is 0 Å². The number of rotatable bonds is 6. The number of alkyl halides is 1. The molecule has 0 spiro atoms. The summed E-state index contributed by atoms with van der Waals surface area (Å²) in [6, 6.07) is 0. The molecule has 3 nitrogen and oxygen atoms in total. The molecule has 4 heteroatoms. The van der Waals surface area contributed by atoms with E-state index < -0.39 is 12.3 Å². The smallest absolute Gasteiger partial charge is 0.368 e. The van der Waals surface area contributed by atoms with Crippen LogP contribution < -0.4 is 0 Å². The number of carbonyl (C=O) groups excluding carboxylic acids is 1. The number of halogens is 1. The van der Waals surface area contributed by atoms with E-state index in [-0.39, 0.29) is 13.2 Å². The van der Waals surface area contributed by atoms with Crippen molar-refractivity contribution >= 4 is 5.97 Å². The molecular weight excluding hydrogens is 175 g/mol. The molecule has 0 aliphatic rings. The summed E-state index contributed by atoms with van der Waals surface area (Å²) in [4.78, 5) is 10.7. The van der Waals surface area contributed by atoms with Crippen molar-refractivity contribution in [3.63, 3.8) is 0 Å². The molecule has 0 amide bonds. The van der Waals surface area contributed by atoms with Crippen LogP contribution in [0.1, 0.15) is 27.2 Å². The van der Waals surface area contributed by atoms with Gasteiger partial charge in [0.25, 0.3) is 6.36 Å². The molecule has 0 rings (SSSR count). The zero-order valence-corrected chi connectivity index (χ0v) is 8.38. The second-order valence-electron chi connectivity index (χ2n) is 3.12. The van der Waals surface area contributed by atoms with Crippen LogP contribution in [0.4, 0.5) is 4.39 Å². The maximum atomic E-state index is 12.7. The Kier molecular flexibility index (Phi) is 6.49. The first-order chi connectivity index (χ1) is 6.07. The minimum absolute atomic E-state index is 0.173. The number of ether oxygens (including phenoxy) is 2. The second kappa shape index (κ2) is 6.83. The molecule has 13 heavy (non-hydrogen) atoms. The van der Waals surface area contributed by atoms with Gasteiger partial charge in [-0.25, -0.2) is 9.18 Å². The van der Waals surface area contributed by atoms with E-state index in [0.717, 1.165) is 6.42 Å². The Morgan fingerprint density at radius 3 is 2.54 bits per heavy atom. The maximum absolute atomic E-state index is 12.7. The van der Waals surface area contributed by atoms with E-state index in [1.165, 1.54) is 0 Å². The van der Waals surface area contributed by atoms with Gasteiger partial charge in [-0.15, -0.1) is 0 Å². The molecule has 0 aromatic rings. The SMILES string of the molecule is CCOC(=O)C(F)OCCC(C)C. The molecule has 0 N–H and O–H groups in total. The second-order valence-corrected chi connectivity index (χ2v) is 3.12. The molecule has 0 saturated carbocycles. The van der Waals surface area contributed by atoms with Crippen molar-refractivity contribution in [2.75, 3.05) is 13.2 Å². The van der Waals surface area contributed by atoms with Gasteiger partial charge in [0, 0.05) is 0 Å². The van der Waals surface area contributed by atoms with E-state index >= 15 is 0 Å². The van der Waals surface area contributed by atoms with Gasteiger partial charge in [-0.05, 0) is 19.3 Å². The molecule has 0 aromatic carbocycles. The van der Waals surface area contributed by atoms with Crippen molar-refractivity contribution in [1.82, 2.24) is 0 Å². The Morgan fingerprint density at radius 1 is 1.46 bits per heavy atom. The van der Waals surface area contributed by atoms with Crippen LogP contribution in [-0.4, -0.2) is 25.5 Å². The lowest BCUT2D eigenvalue weighted by Crippen LogP contribution is -2.22. The normalized spacial score (nSPS) is 13.0. The first-order valence-corrected chi connectivity index (χ1v) is 4.50. The summed E-state index contributed by atoms with van der Waals surface area (Å²) >= 11 is 0. The summed E-state index contributed by atoms with van der Waals surface area (Å²) in [5.41, 5.74) is 0. The number of hydrogen-bond donors (Lipinski definition) is 0. The Labute approximate surface area is 78.2 Å². The number of carbonyl (C=O) groups is 1. The van der Waals surface area contributed by atoms with Crippen molar-refractivity contribution in [2.24, 2.45) is 5.92 Å². The van der Waals surface area contributed by atoms with E-state index in [9.17, 15) is 9.18 Å². The van der Waals surface area contributed by atoms with Crippen LogP contribution in [-0.2, 0) is 14.3 Å². The highest BCUT2D eigenvalue weighted by Crippen LogP contribution is 2.03. The van der Waals surface area contributed by atoms with E-state index in [2.05, 4.69) is 9.47 Å². The summed E-state index contributed by atoms with van der Waals surface area (Å²) in [6.07, 6.45) is -1.20. The van der Waals surface area contributed by atoms with Gasteiger partial charge in [-0.1, -0.05) is 13.8 Å². The van der Waals surface area contributed by atoms with Crippen LogP contribution in [0.5, 0.6) is 0 Å². The summed E-state index contributed by atoms with van der Waals surface area (Å²) in [5, 5.41) is 0. The van der Waals surface area contributed by atoms with Crippen LogP contribution in [0, 0.1) is 5.92 Å². The van der Waals surface area contributed by atoms with Crippen molar-refractivity contribution in [3.05, 3.63) is 0 Å². The third-order valence-corrected chi connectivity index (χ3v) is 1.43. The summed E-state index contributed by atoms with van der Waals surface area (Å²) in [7, 11) is 0. The standard InChI is InChI=1S/C9H17FO3/c1-4-12-9(11)8(10)13-6-5-7(2)3/h7-8H,4-6H2,1-3H3. The van der Waals surface area contributed by atoms with Crippen molar-refractivity contribution in [1.29, 1.82) is 0 Å². The average molecular weight is 192 g/mol. The zero-order chi connectivity index (χ0) is 10.3. The largest absolute Gasteiger partial charge is 0.462 e. The van der Waals surface area contributed by atoms with Crippen LogP contribution in [0.25, 0.3) is 0 Å². The molecule has 0 bridgehead atoms. The van der Waals surface area contributed by atoms with Gasteiger partial charge in [0.15, 0.2) is 0 Å². The molecule has 0 fully saturated rings. The van der Waals surface area contributed by atoms with Gasteiger partial charge < -0.3 is 9.47 Å². The zero-order valence-electron chi connectivity index (χ0n) is 8.38. The van der Waals surface area contributed by atoms with Gasteiger partial charge in [0.2, 0.25) is 0 Å².